The minimum atomic E-state index is 0.337. The Labute approximate surface area is 190 Å². The van der Waals surface area contributed by atoms with E-state index in [1.165, 1.54) is 38.2 Å². The Bertz CT molecular complexity index is 1050. The van der Waals surface area contributed by atoms with Crippen LogP contribution < -0.4 is 0 Å². The molecule has 2 unspecified atom stereocenters. The lowest BCUT2D eigenvalue weighted by atomic mass is 9.87. The summed E-state index contributed by atoms with van der Waals surface area (Å²) >= 11 is 0. The van der Waals surface area contributed by atoms with Gasteiger partial charge in [0, 0.05) is 13.2 Å². The molecule has 0 bridgehead atoms. The summed E-state index contributed by atoms with van der Waals surface area (Å²) in [5.74, 6) is 0. The molecule has 3 aromatic carbocycles. The maximum absolute atomic E-state index is 5.82. The molecule has 0 radical (unpaired) electrons. The van der Waals surface area contributed by atoms with Crippen LogP contribution in [0.3, 0.4) is 0 Å². The van der Waals surface area contributed by atoms with Crippen molar-refractivity contribution >= 4 is 21.5 Å². The number of epoxide rings is 2. The summed E-state index contributed by atoms with van der Waals surface area (Å²) in [4.78, 5) is 0. The van der Waals surface area contributed by atoms with Crippen molar-refractivity contribution in [2.45, 2.75) is 51.2 Å². The van der Waals surface area contributed by atoms with E-state index in [2.05, 4.69) is 49.4 Å². The van der Waals surface area contributed by atoms with Crippen LogP contribution in [0.5, 0.6) is 0 Å². The molecule has 4 heteroatoms. The van der Waals surface area contributed by atoms with Crippen LogP contribution in [0, 0.1) is 0 Å². The Morgan fingerprint density at radius 2 is 1.28 bits per heavy atom. The quantitative estimate of drug-likeness (QED) is 0.209. The van der Waals surface area contributed by atoms with Crippen LogP contribution >= 0.6 is 0 Å². The van der Waals surface area contributed by atoms with Gasteiger partial charge in [0.1, 0.15) is 12.2 Å². The highest BCUT2D eigenvalue weighted by molar-refractivity contribution is 6.06. The second kappa shape index (κ2) is 10.3. The van der Waals surface area contributed by atoms with Gasteiger partial charge in [-0.25, -0.2) is 0 Å². The average Bonchev–Trinajstić information content (AvgIpc) is 3.74. The van der Waals surface area contributed by atoms with E-state index in [1.807, 2.05) is 0 Å². The first-order valence-corrected chi connectivity index (χ1v) is 12.2. The van der Waals surface area contributed by atoms with Gasteiger partial charge in [-0.15, -0.1) is 0 Å². The van der Waals surface area contributed by atoms with E-state index in [4.69, 9.17) is 18.9 Å². The molecule has 2 atom stereocenters. The fourth-order valence-corrected chi connectivity index (χ4v) is 4.62. The predicted octanol–water partition coefficient (Wildman–Crippen LogP) is 5.25. The van der Waals surface area contributed by atoms with Crippen LogP contribution in [0.1, 0.15) is 36.5 Å². The van der Waals surface area contributed by atoms with Crippen LogP contribution in [0.25, 0.3) is 21.5 Å². The van der Waals surface area contributed by atoms with Crippen molar-refractivity contribution in [3.05, 3.63) is 59.2 Å². The first kappa shape index (κ1) is 21.8. The molecule has 5 rings (SSSR count). The van der Waals surface area contributed by atoms with Gasteiger partial charge in [-0.05, 0) is 70.3 Å². The summed E-state index contributed by atoms with van der Waals surface area (Å²) in [6.07, 6.45) is 5.84. The molecule has 32 heavy (non-hydrogen) atoms. The summed E-state index contributed by atoms with van der Waals surface area (Å²) in [6, 6.07) is 16.0. The highest BCUT2D eigenvalue weighted by atomic mass is 16.6. The van der Waals surface area contributed by atoms with E-state index in [1.54, 1.807) is 0 Å². The zero-order valence-electron chi connectivity index (χ0n) is 19.1. The highest BCUT2D eigenvalue weighted by Crippen LogP contribution is 2.35. The number of aryl methyl sites for hydroxylation is 3. The van der Waals surface area contributed by atoms with E-state index in [0.717, 1.165) is 71.7 Å². The number of hydrogen-bond donors (Lipinski definition) is 0. The highest BCUT2D eigenvalue weighted by Gasteiger charge is 2.23. The molecule has 170 valence electrons. The maximum Gasteiger partial charge on any atom is 0.104 e. The van der Waals surface area contributed by atoms with Crippen molar-refractivity contribution in [3.63, 3.8) is 0 Å². The van der Waals surface area contributed by atoms with Gasteiger partial charge >= 0.3 is 0 Å². The number of ether oxygens (including phenoxy) is 4. The zero-order valence-corrected chi connectivity index (χ0v) is 19.1. The smallest absolute Gasteiger partial charge is 0.104 e. The Morgan fingerprint density at radius 3 is 1.81 bits per heavy atom. The summed E-state index contributed by atoms with van der Waals surface area (Å²) in [6.45, 7) is 6.98. The van der Waals surface area contributed by atoms with Gasteiger partial charge in [0.05, 0.1) is 26.4 Å². The van der Waals surface area contributed by atoms with E-state index in [-0.39, 0.29) is 0 Å². The van der Waals surface area contributed by atoms with E-state index < -0.39 is 0 Å². The van der Waals surface area contributed by atoms with E-state index in [9.17, 15) is 0 Å². The molecule has 0 aliphatic carbocycles. The van der Waals surface area contributed by atoms with E-state index in [0.29, 0.717) is 12.2 Å². The molecule has 0 amide bonds. The Balaban J connectivity index is 1.40. The van der Waals surface area contributed by atoms with Crippen LogP contribution in [0.2, 0.25) is 0 Å². The monoisotopic (exact) mass is 434 g/mol. The lowest BCUT2D eigenvalue weighted by Gasteiger charge is -2.18. The van der Waals surface area contributed by atoms with Crippen molar-refractivity contribution in [3.8, 4) is 0 Å². The third kappa shape index (κ3) is 5.32. The van der Waals surface area contributed by atoms with Crippen molar-refractivity contribution in [2.24, 2.45) is 0 Å². The normalized spacial score (nSPS) is 19.7. The molecule has 2 fully saturated rings. The fraction of sp³-hybridized carbons (Fsp3) is 0.500. The first-order chi connectivity index (χ1) is 15.8. The molecule has 0 saturated carbocycles. The molecular weight excluding hydrogens is 400 g/mol. The zero-order chi connectivity index (χ0) is 21.8. The molecular formula is C28H34O4. The Morgan fingerprint density at radius 1 is 0.750 bits per heavy atom. The summed E-state index contributed by atoms with van der Waals surface area (Å²) < 4.78 is 22.1. The van der Waals surface area contributed by atoms with E-state index >= 15 is 0 Å². The number of fused-ring (bicyclic) bond motifs is 2. The molecule has 2 aliphatic rings. The number of rotatable bonds is 13. The minimum absolute atomic E-state index is 0.337. The lowest BCUT2D eigenvalue weighted by molar-refractivity contribution is 0.114. The minimum Gasteiger partial charge on any atom is -0.379 e. The molecule has 0 aromatic heterocycles. The second-order valence-corrected chi connectivity index (χ2v) is 9.00. The molecule has 2 saturated heterocycles. The van der Waals surface area contributed by atoms with Crippen LogP contribution in [-0.2, 0) is 38.2 Å². The fourth-order valence-electron chi connectivity index (χ4n) is 4.62. The molecule has 2 heterocycles. The van der Waals surface area contributed by atoms with Gasteiger partial charge < -0.3 is 18.9 Å². The summed E-state index contributed by atoms with van der Waals surface area (Å²) in [7, 11) is 0. The van der Waals surface area contributed by atoms with Crippen LogP contribution in [0.4, 0.5) is 0 Å². The third-order valence-electron chi connectivity index (χ3n) is 6.56. The summed E-state index contributed by atoms with van der Waals surface area (Å²) in [5.41, 5.74) is 4.31. The van der Waals surface area contributed by atoms with Gasteiger partial charge in [-0.1, -0.05) is 49.4 Å². The van der Waals surface area contributed by atoms with Crippen molar-refractivity contribution < 1.29 is 18.9 Å². The number of hydrogen-bond acceptors (Lipinski definition) is 4. The molecule has 0 spiro atoms. The first-order valence-electron chi connectivity index (χ1n) is 12.2. The maximum atomic E-state index is 5.82. The Hall–Kier alpha value is -1.98. The SMILES string of the molecule is CCc1ccc2c(CCCOCC3CO3)c3ccccc3c(CCCOCC3CO3)c2c1. The topological polar surface area (TPSA) is 43.5 Å². The average molecular weight is 435 g/mol. The van der Waals surface area contributed by atoms with Gasteiger partial charge in [0.2, 0.25) is 0 Å². The van der Waals surface area contributed by atoms with Crippen molar-refractivity contribution in [2.75, 3.05) is 39.6 Å². The standard InChI is InChI=1S/C28H34O4/c1-2-20-11-12-27-25(9-5-13-29-16-21-18-31-21)23-7-3-4-8-24(23)26(28(27)15-20)10-6-14-30-17-22-19-32-22/h3-4,7-8,11-12,15,21-22H,2,5-6,9-10,13-14,16-19H2,1H3. The Kier molecular flexibility index (Phi) is 7.03. The van der Waals surface area contributed by atoms with Crippen LogP contribution in [-0.4, -0.2) is 51.8 Å². The predicted molar refractivity (Wildman–Crippen MR) is 129 cm³/mol. The summed E-state index contributed by atoms with van der Waals surface area (Å²) in [5, 5.41) is 5.59. The molecule has 3 aromatic rings. The van der Waals surface area contributed by atoms with Gasteiger partial charge in [-0.3, -0.25) is 0 Å². The van der Waals surface area contributed by atoms with Crippen molar-refractivity contribution in [1.82, 2.24) is 0 Å². The van der Waals surface area contributed by atoms with Gasteiger partial charge in [0.25, 0.3) is 0 Å². The second-order valence-electron chi connectivity index (χ2n) is 9.00. The van der Waals surface area contributed by atoms with Crippen molar-refractivity contribution in [1.29, 1.82) is 0 Å². The largest absolute Gasteiger partial charge is 0.379 e. The van der Waals surface area contributed by atoms with Gasteiger partial charge in [-0.2, -0.15) is 0 Å². The van der Waals surface area contributed by atoms with Gasteiger partial charge in [0.15, 0.2) is 0 Å². The molecule has 0 N–H and O–H groups in total. The third-order valence-corrected chi connectivity index (χ3v) is 6.56. The number of benzene rings is 3. The molecule has 4 nitrogen and oxygen atoms in total. The van der Waals surface area contributed by atoms with Crippen LogP contribution in [0.15, 0.2) is 42.5 Å². The molecule has 2 aliphatic heterocycles. The lowest BCUT2D eigenvalue weighted by Crippen LogP contribution is -2.05.